The lowest BCUT2D eigenvalue weighted by atomic mass is 10.0. The van der Waals surface area contributed by atoms with Crippen LogP contribution in [0.2, 0.25) is 0 Å². The fraction of sp³-hybridized carbons (Fsp3) is 0.217. The summed E-state index contributed by atoms with van der Waals surface area (Å²) in [5.41, 5.74) is 3.85. The minimum Gasteiger partial charge on any atom is -0.361 e. The Morgan fingerprint density at radius 2 is 1.81 bits per heavy atom. The van der Waals surface area contributed by atoms with Gasteiger partial charge in [0.05, 0.1) is 16.6 Å². The summed E-state index contributed by atoms with van der Waals surface area (Å²) >= 11 is 0. The number of aromatic amines is 2. The molecule has 31 heavy (non-hydrogen) atoms. The summed E-state index contributed by atoms with van der Waals surface area (Å²) in [6.07, 6.45) is 2.20. The predicted octanol–water partition coefficient (Wildman–Crippen LogP) is 3.44. The number of hydrogen-bond donors (Lipinski definition) is 3. The van der Waals surface area contributed by atoms with Crippen molar-refractivity contribution in [1.29, 1.82) is 0 Å². The summed E-state index contributed by atoms with van der Waals surface area (Å²) < 4.78 is 29.2. The molecule has 160 valence electrons. The van der Waals surface area contributed by atoms with Crippen LogP contribution in [0.15, 0.2) is 64.4 Å². The lowest BCUT2D eigenvalue weighted by Gasteiger charge is -2.19. The number of hydrogen-bond acceptors (Lipinski definition) is 4. The summed E-state index contributed by atoms with van der Waals surface area (Å²) in [5.74, 6) is 0.428. The SMILES string of the molecule is Cc1nc(C(Cc2c[nH]c3ccccc23)NS(=O)(=O)c2ccc(C)c(C)c2)cc(=O)[nH]1. The van der Waals surface area contributed by atoms with Crippen molar-refractivity contribution in [2.45, 2.75) is 38.1 Å². The molecular weight excluding hydrogens is 412 g/mol. The van der Waals surface area contributed by atoms with Gasteiger partial charge in [-0.05, 0) is 62.1 Å². The van der Waals surface area contributed by atoms with Crippen LogP contribution in [0.1, 0.15) is 34.3 Å². The van der Waals surface area contributed by atoms with Crippen LogP contribution in [-0.4, -0.2) is 23.4 Å². The first-order valence-corrected chi connectivity index (χ1v) is 11.4. The predicted molar refractivity (Wildman–Crippen MR) is 121 cm³/mol. The number of aryl methyl sites for hydroxylation is 3. The highest BCUT2D eigenvalue weighted by molar-refractivity contribution is 7.89. The van der Waals surface area contributed by atoms with Crippen molar-refractivity contribution in [1.82, 2.24) is 19.7 Å². The molecule has 0 fully saturated rings. The van der Waals surface area contributed by atoms with Crippen LogP contribution in [0, 0.1) is 20.8 Å². The molecule has 3 N–H and O–H groups in total. The van der Waals surface area contributed by atoms with Gasteiger partial charge in [0.25, 0.3) is 5.56 Å². The molecule has 0 aliphatic carbocycles. The van der Waals surface area contributed by atoms with Crippen molar-refractivity contribution in [3.05, 3.63) is 93.3 Å². The first kappa shape index (κ1) is 21.0. The number of nitrogens with zero attached hydrogens (tertiary/aromatic N) is 1. The van der Waals surface area contributed by atoms with E-state index in [0.717, 1.165) is 27.6 Å². The molecule has 1 unspecified atom stereocenters. The summed E-state index contributed by atoms with van der Waals surface area (Å²) in [5, 5.41) is 0.999. The van der Waals surface area contributed by atoms with Crippen molar-refractivity contribution < 1.29 is 8.42 Å². The van der Waals surface area contributed by atoms with Crippen LogP contribution in [0.25, 0.3) is 10.9 Å². The topological polar surface area (TPSA) is 108 Å². The molecule has 8 heteroatoms. The monoisotopic (exact) mass is 436 g/mol. The van der Waals surface area contributed by atoms with Gasteiger partial charge in [0, 0.05) is 23.2 Å². The maximum atomic E-state index is 13.2. The Hall–Kier alpha value is -3.23. The number of rotatable bonds is 6. The zero-order valence-electron chi connectivity index (χ0n) is 17.6. The third-order valence-electron chi connectivity index (χ3n) is 5.42. The lowest BCUT2D eigenvalue weighted by molar-refractivity contribution is 0.548. The second kappa shape index (κ2) is 8.13. The number of nitrogens with one attached hydrogen (secondary N) is 3. The van der Waals surface area contributed by atoms with E-state index >= 15 is 0 Å². The Kier molecular flexibility index (Phi) is 5.51. The van der Waals surface area contributed by atoms with E-state index in [1.807, 2.05) is 44.3 Å². The van der Waals surface area contributed by atoms with Gasteiger partial charge >= 0.3 is 0 Å². The van der Waals surface area contributed by atoms with Gasteiger partial charge in [0.15, 0.2) is 0 Å². The van der Waals surface area contributed by atoms with Crippen molar-refractivity contribution in [3.63, 3.8) is 0 Å². The Labute approximate surface area is 180 Å². The van der Waals surface area contributed by atoms with Gasteiger partial charge in [-0.3, -0.25) is 4.79 Å². The van der Waals surface area contributed by atoms with Gasteiger partial charge in [-0.15, -0.1) is 0 Å². The Balaban J connectivity index is 1.76. The van der Waals surface area contributed by atoms with Crippen molar-refractivity contribution in [2.24, 2.45) is 0 Å². The van der Waals surface area contributed by atoms with Gasteiger partial charge in [0.2, 0.25) is 10.0 Å². The summed E-state index contributed by atoms with van der Waals surface area (Å²) in [4.78, 5) is 22.5. The quantitative estimate of drug-likeness (QED) is 0.430. The smallest absolute Gasteiger partial charge is 0.251 e. The molecule has 0 bridgehead atoms. The highest BCUT2D eigenvalue weighted by Crippen LogP contribution is 2.25. The highest BCUT2D eigenvalue weighted by atomic mass is 32.2. The number of aromatic nitrogens is 3. The molecule has 4 aromatic rings. The molecular formula is C23H24N4O3S. The van der Waals surface area contributed by atoms with Crippen LogP contribution < -0.4 is 10.3 Å². The van der Waals surface area contributed by atoms with Crippen LogP contribution in [-0.2, 0) is 16.4 Å². The Morgan fingerprint density at radius 3 is 2.55 bits per heavy atom. The fourth-order valence-electron chi connectivity index (χ4n) is 3.64. The average molecular weight is 437 g/mol. The van der Waals surface area contributed by atoms with Crippen molar-refractivity contribution in [2.75, 3.05) is 0 Å². The molecule has 2 aromatic heterocycles. The van der Waals surface area contributed by atoms with Crippen molar-refractivity contribution >= 4 is 20.9 Å². The largest absolute Gasteiger partial charge is 0.361 e. The van der Waals surface area contributed by atoms with Crippen molar-refractivity contribution in [3.8, 4) is 0 Å². The summed E-state index contributed by atoms with van der Waals surface area (Å²) in [6.45, 7) is 5.48. The van der Waals surface area contributed by atoms with Crippen LogP contribution in [0.3, 0.4) is 0 Å². The van der Waals surface area contributed by atoms with Gasteiger partial charge in [-0.2, -0.15) is 0 Å². The lowest BCUT2D eigenvalue weighted by Crippen LogP contribution is -2.32. The van der Waals surface area contributed by atoms with Crippen LogP contribution in [0.5, 0.6) is 0 Å². The molecule has 0 radical (unpaired) electrons. The molecule has 4 rings (SSSR count). The van der Waals surface area contributed by atoms with Crippen LogP contribution in [0.4, 0.5) is 0 Å². The number of para-hydroxylation sites is 1. The summed E-state index contributed by atoms with van der Waals surface area (Å²) in [6, 6.07) is 13.5. The molecule has 0 aliphatic rings. The number of sulfonamides is 1. The number of benzene rings is 2. The van der Waals surface area contributed by atoms with E-state index in [9.17, 15) is 13.2 Å². The second-order valence-corrected chi connectivity index (χ2v) is 9.45. The molecule has 2 aromatic carbocycles. The zero-order valence-corrected chi connectivity index (χ0v) is 18.4. The van der Waals surface area contributed by atoms with E-state index in [1.165, 1.54) is 6.07 Å². The van der Waals surface area contributed by atoms with Gasteiger partial charge < -0.3 is 9.97 Å². The van der Waals surface area contributed by atoms with Gasteiger partial charge in [-0.25, -0.2) is 18.1 Å². The Bertz CT molecular complexity index is 1420. The van der Waals surface area contributed by atoms with E-state index in [1.54, 1.807) is 25.1 Å². The zero-order chi connectivity index (χ0) is 22.2. The second-order valence-electron chi connectivity index (χ2n) is 7.74. The number of fused-ring (bicyclic) bond motifs is 1. The van der Waals surface area contributed by atoms with Gasteiger partial charge in [0.1, 0.15) is 5.82 Å². The minimum absolute atomic E-state index is 0.182. The Morgan fingerprint density at radius 1 is 1.03 bits per heavy atom. The molecule has 1 atom stereocenters. The standard InChI is InChI=1S/C23H24N4O3S/c1-14-8-9-18(10-15(14)2)31(29,30)27-22(21-12-23(28)26-16(3)25-21)11-17-13-24-20-7-5-4-6-19(17)20/h4-10,12-13,22,24,27H,11H2,1-3H3,(H,25,26,28). The van der Waals surface area contributed by atoms with Gasteiger partial charge in [-0.1, -0.05) is 24.3 Å². The summed E-state index contributed by atoms with van der Waals surface area (Å²) in [7, 11) is -3.84. The maximum Gasteiger partial charge on any atom is 0.251 e. The van der Waals surface area contributed by atoms with E-state index in [4.69, 9.17) is 0 Å². The minimum atomic E-state index is -3.84. The molecule has 0 spiro atoms. The average Bonchev–Trinajstić information content (AvgIpc) is 3.11. The third-order valence-corrected chi connectivity index (χ3v) is 6.89. The molecule has 0 saturated carbocycles. The van der Waals surface area contributed by atoms with E-state index < -0.39 is 16.1 Å². The first-order chi connectivity index (χ1) is 14.7. The van der Waals surface area contributed by atoms with Crippen LogP contribution >= 0.6 is 0 Å². The van der Waals surface area contributed by atoms with E-state index in [2.05, 4.69) is 19.7 Å². The molecule has 2 heterocycles. The molecule has 0 amide bonds. The first-order valence-electron chi connectivity index (χ1n) is 9.95. The molecule has 0 saturated heterocycles. The third kappa shape index (κ3) is 4.45. The fourth-order valence-corrected chi connectivity index (χ4v) is 4.94. The maximum absolute atomic E-state index is 13.2. The number of H-pyrrole nitrogens is 2. The van der Waals surface area contributed by atoms with E-state index in [0.29, 0.717) is 17.9 Å². The molecule has 7 nitrogen and oxygen atoms in total. The normalized spacial score (nSPS) is 12.9. The highest BCUT2D eigenvalue weighted by Gasteiger charge is 2.25. The van der Waals surface area contributed by atoms with E-state index in [-0.39, 0.29) is 10.5 Å². The molecule has 0 aliphatic heterocycles.